The fourth-order valence-corrected chi connectivity index (χ4v) is 4.41. The highest BCUT2D eigenvalue weighted by atomic mass is 16.3. The van der Waals surface area contributed by atoms with Crippen molar-refractivity contribution >= 4 is 0 Å². The molecule has 0 atom stereocenters. The number of rotatable bonds is 11. The van der Waals surface area contributed by atoms with E-state index in [0.717, 1.165) is 35.5 Å². The van der Waals surface area contributed by atoms with Crippen LogP contribution in [0.15, 0.2) is 95.4 Å². The SMILES string of the molecule is CCCCCc1ccc(-c2cc(-c3ccccc3)cc(-c3ccc(CCCCC)cc3)[o+]2)cc1. The van der Waals surface area contributed by atoms with Gasteiger partial charge in [0, 0.05) is 5.56 Å². The van der Waals surface area contributed by atoms with Crippen LogP contribution in [0.4, 0.5) is 0 Å². The van der Waals surface area contributed by atoms with E-state index in [-0.39, 0.29) is 0 Å². The average molecular weight is 450 g/mol. The highest BCUT2D eigenvalue weighted by Gasteiger charge is 2.20. The van der Waals surface area contributed by atoms with Gasteiger partial charge in [0.1, 0.15) is 0 Å². The minimum atomic E-state index is 0.906. The van der Waals surface area contributed by atoms with E-state index in [4.69, 9.17) is 4.42 Å². The fraction of sp³-hybridized carbons (Fsp3) is 0.303. The summed E-state index contributed by atoms with van der Waals surface area (Å²) in [5, 5.41) is 0. The summed E-state index contributed by atoms with van der Waals surface area (Å²) in [6.45, 7) is 4.50. The molecule has 0 unspecified atom stereocenters. The number of hydrogen-bond acceptors (Lipinski definition) is 0. The summed E-state index contributed by atoms with van der Waals surface area (Å²) in [4.78, 5) is 0. The highest BCUT2D eigenvalue weighted by Crippen LogP contribution is 2.33. The molecule has 0 aliphatic rings. The second kappa shape index (κ2) is 12.3. The number of aryl methyl sites for hydroxylation is 2. The second-order valence-corrected chi connectivity index (χ2v) is 9.25. The molecule has 0 aliphatic heterocycles. The van der Waals surface area contributed by atoms with Crippen LogP contribution in [0.5, 0.6) is 0 Å². The molecular formula is C33H37O+. The Kier molecular flexibility index (Phi) is 8.68. The van der Waals surface area contributed by atoms with Crippen LogP contribution in [-0.4, -0.2) is 0 Å². The third-order valence-corrected chi connectivity index (χ3v) is 6.52. The lowest BCUT2D eigenvalue weighted by molar-refractivity contribution is 0.582. The summed E-state index contributed by atoms with van der Waals surface area (Å²) in [6.07, 6.45) is 9.88. The predicted octanol–water partition coefficient (Wildman–Crippen LogP) is 10.0. The quantitative estimate of drug-likeness (QED) is 0.164. The molecule has 0 bridgehead atoms. The van der Waals surface area contributed by atoms with Gasteiger partial charge in [-0.1, -0.05) is 94.1 Å². The van der Waals surface area contributed by atoms with Crippen LogP contribution in [0.3, 0.4) is 0 Å². The van der Waals surface area contributed by atoms with Crippen molar-refractivity contribution in [2.24, 2.45) is 0 Å². The lowest BCUT2D eigenvalue weighted by atomic mass is 9.99. The van der Waals surface area contributed by atoms with Gasteiger partial charge in [0.2, 0.25) is 0 Å². The van der Waals surface area contributed by atoms with E-state index in [1.165, 1.54) is 60.8 Å². The Balaban J connectivity index is 1.65. The summed E-state index contributed by atoms with van der Waals surface area (Å²) < 4.78 is 6.49. The van der Waals surface area contributed by atoms with Crippen LogP contribution >= 0.6 is 0 Å². The summed E-state index contributed by atoms with van der Waals surface area (Å²) >= 11 is 0. The van der Waals surface area contributed by atoms with Gasteiger partial charge in [-0.25, -0.2) is 4.42 Å². The van der Waals surface area contributed by atoms with E-state index in [1.54, 1.807) is 0 Å². The van der Waals surface area contributed by atoms with Gasteiger partial charge >= 0.3 is 11.5 Å². The van der Waals surface area contributed by atoms with Gasteiger partial charge in [-0.2, -0.15) is 0 Å². The number of hydrogen-bond donors (Lipinski definition) is 0. The van der Waals surface area contributed by atoms with Crippen LogP contribution < -0.4 is 0 Å². The molecule has 1 nitrogen and oxygen atoms in total. The van der Waals surface area contributed by atoms with Crippen molar-refractivity contribution in [2.75, 3.05) is 0 Å². The van der Waals surface area contributed by atoms with Crippen molar-refractivity contribution in [2.45, 2.75) is 65.2 Å². The Hall–Kier alpha value is -3.19. The van der Waals surface area contributed by atoms with Gasteiger partial charge in [-0.05, 0) is 66.6 Å². The maximum absolute atomic E-state index is 6.49. The summed E-state index contributed by atoms with van der Waals surface area (Å²) in [7, 11) is 0. The van der Waals surface area contributed by atoms with E-state index in [9.17, 15) is 0 Å². The molecule has 1 heteroatoms. The number of benzene rings is 3. The molecule has 0 aliphatic carbocycles. The number of unbranched alkanes of at least 4 members (excludes halogenated alkanes) is 4. The van der Waals surface area contributed by atoms with Crippen LogP contribution in [0.1, 0.15) is 63.5 Å². The maximum Gasteiger partial charge on any atom is 0.361 e. The molecule has 4 aromatic rings. The largest absolute Gasteiger partial charge is 0.361 e. The first-order valence-corrected chi connectivity index (χ1v) is 13.0. The molecule has 0 N–H and O–H groups in total. The second-order valence-electron chi connectivity index (χ2n) is 9.25. The van der Waals surface area contributed by atoms with Crippen LogP contribution in [0, 0.1) is 0 Å². The molecule has 174 valence electrons. The third-order valence-electron chi connectivity index (χ3n) is 6.52. The molecule has 0 amide bonds. The molecule has 0 saturated heterocycles. The van der Waals surface area contributed by atoms with Gasteiger partial charge in [-0.3, -0.25) is 0 Å². The Bertz CT molecular complexity index is 1070. The zero-order valence-corrected chi connectivity index (χ0v) is 20.7. The Morgan fingerprint density at radius 3 is 1.38 bits per heavy atom. The first-order valence-electron chi connectivity index (χ1n) is 13.0. The summed E-state index contributed by atoms with van der Waals surface area (Å²) in [5.74, 6) is 1.81. The molecule has 34 heavy (non-hydrogen) atoms. The first-order chi connectivity index (χ1) is 16.8. The molecule has 0 radical (unpaired) electrons. The monoisotopic (exact) mass is 449 g/mol. The standard InChI is InChI=1S/C33H37O/c1-3-5-8-12-26-16-20-29(21-17-26)32-24-31(28-14-10-7-11-15-28)25-33(34-32)30-22-18-27(19-23-30)13-9-6-4-2/h7,10-11,14-25H,3-6,8-9,12-13H2,1-2H3/q+1. The highest BCUT2D eigenvalue weighted by molar-refractivity contribution is 5.74. The van der Waals surface area contributed by atoms with E-state index < -0.39 is 0 Å². The Morgan fingerprint density at radius 2 is 0.941 bits per heavy atom. The molecule has 3 aromatic carbocycles. The van der Waals surface area contributed by atoms with Crippen molar-refractivity contribution in [1.29, 1.82) is 0 Å². The van der Waals surface area contributed by atoms with Crippen molar-refractivity contribution < 1.29 is 4.42 Å². The van der Waals surface area contributed by atoms with E-state index >= 15 is 0 Å². The lowest BCUT2D eigenvalue weighted by Crippen LogP contribution is -1.89. The van der Waals surface area contributed by atoms with Crippen LogP contribution in [-0.2, 0) is 12.8 Å². The van der Waals surface area contributed by atoms with Gasteiger partial charge in [0.25, 0.3) is 0 Å². The zero-order chi connectivity index (χ0) is 23.6. The minimum absolute atomic E-state index is 0.906. The molecule has 4 rings (SSSR count). The molecule has 0 fully saturated rings. The van der Waals surface area contributed by atoms with E-state index in [1.807, 2.05) is 0 Å². The average Bonchev–Trinajstić information content (AvgIpc) is 2.90. The Labute approximate surface area is 205 Å². The normalized spacial score (nSPS) is 11.0. The van der Waals surface area contributed by atoms with Crippen molar-refractivity contribution in [1.82, 2.24) is 0 Å². The molecule has 1 heterocycles. The van der Waals surface area contributed by atoms with Crippen molar-refractivity contribution in [3.8, 4) is 33.8 Å². The first kappa shape index (κ1) is 24.0. The Morgan fingerprint density at radius 1 is 0.471 bits per heavy atom. The van der Waals surface area contributed by atoms with Crippen molar-refractivity contribution in [3.05, 3.63) is 102 Å². The third kappa shape index (κ3) is 6.44. The van der Waals surface area contributed by atoms with E-state index in [2.05, 4.69) is 105 Å². The summed E-state index contributed by atoms with van der Waals surface area (Å²) in [6, 6.07) is 32.7. The molecule has 1 aromatic heterocycles. The maximum atomic E-state index is 6.49. The van der Waals surface area contributed by atoms with Crippen LogP contribution in [0.25, 0.3) is 33.8 Å². The smallest absolute Gasteiger partial charge is 0.207 e. The molecule has 0 saturated carbocycles. The van der Waals surface area contributed by atoms with Crippen LogP contribution in [0.2, 0.25) is 0 Å². The van der Waals surface area contributed by atoms with Crippen molar-refractivity contribution in [3.63, 3.8) is 0 Å². The van der Waals surface area contributed by atoms with Gasteiger partial charge in [-0.15, -0.1) is 0 Å². The predicted molar refractivity (Wildman–Crippen MR) is 146 cm³/mol. The zero-order valence-electron chi connectivity index (χ0n) is 20.7. The summed E-state index contributed by atoms with van der Waals surface area (Å²) in [5.41, 5.74) is 7.42. The van der Waals surface area contributed by atoms with E-state index in [0.29, 0.717) is 0 Å². The molecular weight excluding hydrogens is 412 g/mol. The van der Waals surface area contributed by atoms with Gasteiger partial charge < -0.3 is 0 Å². The molecule has 0 spiro atoms. The topological polar surface area (TPSA) is 11.3 Å². The van der Waals surface area contributed by atoms with Gasteiger partial charge in [0.05, 0.1) is 23.3 Å². The fourth-order valence-electron chi connectivity index (χ4n) is 4.41. The minimum Gasteiger partial charge on any atom is -0.207 e. The van der Waals surface area contributed by atoms with Gasteiger partial charge in [0.15, 0.2) is 0 Å². The lowest BCUT2D eigenvalue weighted by Gasteiger charge is -2.04.